The minimum atomic E-state index is -2.37. The van der Waals surface area contributed by atoms with Crippen LogP contribution in [0.5, 0.6) is 46.0 Å². The van der Waals surface area contributed by atoms with Gasteiger partial charge in [0, 0.05) is 53.9 Å². The van der Waals surface area contributed by atoms with Crippen molar-refractivity contribution in [3.05, 3.63) is 158 Å². The van der Waals surface area contributed by atoms with Crippen molar-refractivity contribution in [2.45, 2.75) is 156 Å². The number of carbonyl (C=O) groups excluding carboxylic acids is 9. The van der Waals surface area contributed by atoms with Gasteiger partial charge in [-0.25, -0.2) is 0 Å². The van der Waals surface area contributed by atoms with E-state index in [0.29, 0.717) is 11.1 Å². The molecule has 0 aromatic heterocycles. The van der Waals surface area contributed by atoms with Crippen molar-refractivity contribution >= 4 is 82.4 Å². The molecule has 18 unspecified atom stereocenters. The summed E-state index contributed by atoms with van der Waals surface area (Å²) in [6.45, 7) is 5.05. The summed E-state index contributed by atoms with van der Waals surface area (Å²) in [5.74, 6) is -13.3. The van der Waals surface area contributed by atoms with E-state index in [1.165, 1.54) is 45.2 Å². The summed E-state index contributed by atoms with van der Waals surface area (Å²) in [6, 6.07) is 6.42. The quantitative estimate of drug-likeness (QED) is 0.0323. The van der Waals surface area contributed by atoms with Crippen LogP contribution in [-0.2, 0) is 57.4 Å². The molecule has 116 heavy (non-hydrogen) atoms. The number of amides is 9. The van der Waals surface area contributed by atoms with Crippen LogP contribution in [0.15, 0.2) is 109 Å². The number of aliphatic hydroxyl groups is 6. The molecule has 0 spiro atoms. The Morgan fingerprint density at radius 1 is 0.716 bits per heavy atom. The van der Waals surface area contributed by atoms with Crippen LogP contribution in [-0.4, -0.2) is 205 Å². The number of terminal acetylenes is 1. The Balaban J connectivity index is 1.10. The monoisotopic (exact) mass is 1640 g/mol. The summed E-state index contributed by atoms with van der Waals surface area (Å²) in [7, 11) is 1.47. The minimum absolute atomic E-state index is 0.109. The second-order valence-electron chi connectivity index (χ2n) is 29.1. The maximum absolute atomic E-state index is 16.3. The summed E-state index contributed by atoms with van der Waals surface area (Å²) in [4.78, 5) is 133. The lowest BCUT2D eigenvalue weighted by Crippen LogP contribution is -2.64. The van der Waals surface area contributed by atoms with Crippen LogP contribution in [0.4, 0.5) is 0 Å². The van der Waals surface area contributed by atoms with Crippen molar-refractivity contribution in [3.63, 3.8) is 0 Å². The number of primary amides is 1. The van der Waals surface area contributed by atoms with Gasteiger partial charge >= 0.3 is 0 Å². The molecule has 0 aliphatic carbocycles. The Hall–Kier alpha value is -11.2. The van der Waals surface area contributed by atoms with E-state index in [2.05, 4.69) is 53.8 Å². The standard InChI is InChI=1S/C79H87Cl2N11O24/c1-7-35-8-10-36(11-9-35)12-19-56(98)85-20-21-86-73(106)61-43-28-41(94)29-49(96)58(43)42-23-37(13-16-48(42)95)59-74(107)92-63(77(110)90-61)65(100)39-15-18-51(45(81)25-39)113-53-27-40-26-52(68(53)116-78-69(67(102)66(101)54(32-93)114-78)115-57-31-79(5,83)70(103)34(4)111-57)112-50-17-14-38(24-44(50)80)64(99)62(91-71(104)46(84-6)22-33(2)3)76(109)87-47(30-55(82)97)72(105)88-60(40)75(108)89-59/h1,8-19,23-29,33-34,46-47,54,57,59-67,69-70,78,84,93-96,99-103H,20-22,30-32,83H2,2-6H3,(H2,82,97)(H,85,98)(H,86,106)(H,87,109)(H,88,105)(H,89,108)(H,90,110)(H,91,104)(H,92,107). The largest absolute Gasteiger partial charge is 0.508 e. The number of likely N-dealkylation sites (N-methyl/N-ethyl adjacent to an activating group) is 1. The molecule has 0 saturated carbocycles. The van der Waals surface area contributed by atoms with Crippen LogP contribution in [0.2, 0.25) is 10.0 Å². The molecule has 2 fully saturated rings. The highest BCUT2D eigenvalue weighted by Gasteiger charge is 2.52. The highest BCUT2D eigenvalue weighted by molar-refractivity contribution is 6.32. The van der Waals surface area contributed by atoms with E-state index in [4.69, 9.17) is 69.5 Å². The third-order valence-electron chi connectivity index (χ3n) is 20.0. The molecule has 2 saturated heterocycles. The van der Waals surface area contributed by atoms with E-state index in [1.54, 1.807) is 24.3 Å². The van der Waals surface area contributed by atoms with Gasteiger partial charge in [-0.1, -0.05) is 73.3 Å². The number of benzene rings is 6. The minimum Gasteiger partial charge on any atom is -0.508 e. The Bertz CT molecular complexity index is 4850. The number of halogens is 2. The summed E-state index contributed by atoms with van der Waals surface area (Å²) < 4.78 is 38.6. The summed E-state index contributed by atoms with van der Waals surface area (Å²) in [6.07, 6.45) is -10.6. The Labute approximate surface area is 672 Å². The first-order valence-electron chi connectivity index (χ1n) is 36.6. The van der Waals surface area contributed by atoms with Crippen LogP contribution in [0.3, 0.4) is 0 Å². The van der Waals surface area contributed by atoms with Gasteiger partial charge in [-0.15, -0.1) is 6.42 Å². The van der Waals surface area contributed by atoms with Crippen LogP contribution >= 0.6 is 23.2 Å². The number of phenols is 3. The number of hydrogen-bond donors (Lipinski definition) is 20. The number of aromatic hydroxyl groups is 3. The molecule has 18 atom stereocenters. The van der Waals surface area contributed by atoms with Gasteiger partial charge in [0.2, 0.25) is 65.2 Å². The Kier molecular flexibility index (Phi) is 26.8. The molecule has 7 heterocycles. The number of phenolic OH excluding ortho intramolecular Hbond substituents is 3. The van der Waals surface area contributed by atoms with E-state index in [-0.39, 0.29) is 59.3 Å². The van der Waals surface area contributed by atoms with Gasteiger partial charge in [-0.2, -0.15) is 0 Å². The fourth-order valence-electron chi connectivity index (χ4n) is 13.9. The molecule has 7 aliphatic rings. The first-order valence-corrected chi connectivity index (χ1v) is 37.3. The maximum atomic E-state index is 16.3. The number of ether oxygens (including phenoxy) is 6. The molecule has 22 N–H and O–H groups in total. The van der Waals surface area contributed by atoms with Crippen LogP contribution in [0.1, 0.15) is 116 Å². The van der Waals surface area contributed by atoms with Crippen LogP contribution in [0, 0.1) is 18.3 Å². The van der Waals surface area contributed by atoms with Crippen molar-refractivity contribution in [3.8, 4) is 69.5 Å². The summed E-state index contributed by atoms with van der Waals surface area (Å²) in [5, 5.41) is 127. The molecular formula is C79H87Cl2N11O24. The molecule has 11 bridgehead atoms. The highest BCUT2D eigenvalue weighted by Crippen LogP contribution is 2.50. The highest BCUT2D eigenvalue weighted by atomic mass is 35.5. The zero-order chi connectivity index (χ0) is 84.0. The van der Waals surface area contributed by atoms with Gasteiger partial charge in [0.25, 0.3) is 0 Å². The number of nitrogens with two attached hydrogens (primary N) is 2. The molecule has 9 amide bonds. The van der Waals surface area contributed by atoms with Gasteiger partial charge in [-0.3, -0.25) is 43.2 Å². The SMILES string of the molecule is C#Cc1ccc(C=CC(=O)NCCNC(=O)C2NC(=O)C3NC(=O)C(NC(=O)C4NC(=O)C(CC(N)=O)NC(=O)C(NC(=O)C(CC(C)C)NC)C(O)c5ccc(c(Cl)c5)Oc5cc4cc(c5OC4OC(CO)C(O)C(O)C4OC4CC(C)(N)C(O)C(C)O4)Oc4ccc(cc4Cl)C3O)c3ccc(O)c(c3)-c3c(O)cc(O)cc32)cc1. The second kappa shape index (κ2) is 36.3. The van der Waals surface area contributed by atoms with Crippen molar-refractivity contribution < 1.29 is 118 Å². The van der Waals surface area contributed by atoms with Gasteiger partial charge in [0.1, 0.15) is 95.5 Å². The fraction of sp³-hybridized carbons (Fsp3) is 0.380. The maximum Gasteiger partial charge on any atom is 0.248 e. The van der Waals surface area contributed by atoms with Crippen LogP contribution < -0.4 is 73.5 Å². The lowest BCUT2D eigenvalue weighted by Gasteiger charge is -2.47. The van der Waals surface area contributed by atoms with Gasteiger partial charge < -0.3 is 134 Å². The predicted molar refractivity (Wildman–Crippen MR) is 411 cm³/mol. The molecular weight excluding hydrogens is 1560 g/mol. The van der Waals surface area contributed by atoms with Gasteiger partial charge in [0.15, 0.2) is 23.9 Å². The lowest BCUT2D eigenvalue weighted by atomic mass is 9.86. The third kappa shape index (κ3) is 19.3. The molecule has 13 rings (SSSR count). The topological polar surface area (TPSA) is 551 Å². The van der Waals surface area contributed by atoms with E-state index < -0.39 is 243 Å². The Morgan fingerprint density at radius 3 is 1.95 bits per heavy atom. The second-order valence-corrected chi connectivity index (χ2v) is 29.9. The van der Waals surface area contributed by atoms with Crippen molar-refractivity contribution in [1.29, 1.82) is 0 Å². The van der Waals surface area contributed by atoms with Gasteiger partial charge in [0.05, 0.1) is 41.3 Å². The number of nitrogens with one attached hydrogen (secondary N) is 9. The molecule has 0 radical (unpaired) electrons. The van der Waals surface area contributed by atoms with E-state index in [1.807, 2.05) is 13.8 Å². The smallest absolute Gasteiger partial charge is 0.248 e. The molecule has 616 valence electrons. The first kappa shape index (κ1) is 85.7. The average Bonchev–Trinajstić information content (AvgIpc) is 0.762. The molecule has 35 nitrogen and oxygen atoms in total. The normalized spacial score (nSPS) is 27.0. The summed E-state index contributed by atoms with van der Waals surface area (Å²) >= 11 is 14.3. The van der Waals surface area contributed by atoms with E-state index in [0.717, 1.165) is 66.7 Å². The van der Waals surface area contributed by atoms with Gasteiger partial charge in [-0.05, 0) is 139 Å². The predicted octanol–water partition coefficient (Wildman–Crippen LogP) is 0.949. The zero-order valence-electron chi connectivity index (χ0n) is 62.7. The van der Waals surface area contributed by atoms with Crippen molar-refractivity contribution in [2.24, 2.45) is 17.4 Å². The molecule has 37 heteroatoms. The molecule has 7 aliphatic heterocycles. The average molecular weight is 1650 g/mol. The van der Waals surface area contributed by atoms with E-state index in [9.17, 15) is 69.9 Å². The third-order valence-corrected chi connectivity index (χ3v) is 20.6. The van der Waals surface area contributed by atoms with E-state index >= 15 is 19.2 Å². The number of fused-ring (bicyclic) bond motifs is 15. The molecule has 6 aromatic rings. The lowest BCUT2D eigenvalue weighted by molar-refractivity contribution is -0.333. The first-order chi connectivity index (χ1) is 55.0. The number of aliphatic hydroxyl groups excluding tert-OH is 6. The molecule has 6 aromatic carbocycles. The summed E-state index contributed by atoms with van der Waals surface area (Å²) in [5.41, 5.74) is 9.51. The zero-order valence-corrected chi connectivity index (χ0v) is 64.3. The van der Waals surface area contributed by atoms with Crippen molar-refractivity contribution in [2.75, 3.05) is 26.7 Å². The Morgan fingerprint density at radius 2 is 1.34 bits per heavy atom. The number of hydrogen-bond acceptors (Lipinski definition) is 26. The number of rotatable bonds is 18. The fourth-order valence-corrected chi connectivity index (χ4v) is 14.4. The van der Waals surface area contributed by atoms with Crippen molar-refractivity contribution in [1.82, 2.24) is 47.9 Å². The number of carbonyl (C=O) groups is 9. The van der Waals surface area contributed by atoms with Crippen LogP contribution in [0.25, 0.3) is 17.2 Å².